The van der Waals surface area contributed by atoms with Gasteiger partial charge in [0.15, 0.2) is 11.5 Å². The molecule has 2 bridgehead atoms. The van der Waals surface area contributed by atoms with Gasteiger partial charge in [-0.05, 0) is 68.2 Å². The molecule has 62 heavy (non-hydrogen) atoms. The molecular formula is C48H61N5O9. The number of hydrazone groups is 1. The number of aliphatic hydroxyl groups is 3. The number of fused-ring (bicyclic) bond motifs is 1. The van der Waals surface area contributed by atoms with Gasteiger partial charge in [0.25, 0.3) is 5.91 Å². The highest BCUT2D eigenvalue weighted by atomic mass is 16.5. The molecule has 1 aliphatic carbocycles. The Morgan fingerprint density at radius 1 is 1.00 bits per heavy atom. The Kier molecular flexibility index (Phi) is 15.0. The van der Waals surface area contributed by atoms with E-state index >= 15 is 0 Å². The van der Waals surface area contributed by atoms with Crippen molar-refractivity contribution in [3.05, 3.63) is 70.3 Å². The number of ether oxygens (including phenoxy) is 3. The third-order valence-electron chi connectivity index (χ3n) is 12.5. The van der Waals surface area contributed by atoms with Gasteiger partial charge in [-0.1, -0.05) is 64.0 Å². The molecule has 0 radical (unpaired) electrons. The number of phenolic OH excluding ortho intramolecular Hbond substituents is 1. The molecular weight excluding hydrogens is 791 g/mol. The number of anilines is 1. The van der Waals surface area contributed by atoms with Crippen molar-refractivity contribution in [3.63, 3.8) is 0 Å². The molecule has 9 atom stereocenters. The summed E-state index contributed by atoms with van der Waals surface area (Å²) in [6.07, 6.45) is 12.5. The van der Waals surface area contributed by atoms with Crippen molar-refractivity contribution in [2.75, 3.05) is 32.6 Å². The Bertz CT molecular complexity index is 2470. The second kappa shape index (κ2) is 20.2. The van der Waals surface area contributed by atoms with Crippen LogP contribution in [-0.2, 0) is 23.8 Å². The van der Waals surface area contributed by atoms with Gasteiger partial charge >= 0.3 is 5.97 Å². The van der Waals surface area contributed by atoms with Crippen molar-refractivity contribution in [2.45, 2.75) is 104 Å². The molecule has 5 N–H and O–H groups in total. The molecule has 1 aromatic carbocycles. The Morgan fingerprint density at radius 2 is 1.74 bits per heavy atom. The molecule has 1 saturated heterocycles. The summed E-state index contributed by atoms with van der Waals surface area (Å²) in [5, 5.41) is 56.9. The third-order valence-corrected chi connectivity index (χ3v) is 12.5. The van der Waals surface area contributed by atoms with Crippen LogP contribution in [0.25, 0.3) is 28.0 Å². The molecule has 6 rings (SSSR count). The van der Waals surface area contributed by atoms with Gasteiger partial charge in [0.2, 0.25) is 0 Å². The Hall–Kier alpha value is -5.46. The van der Waals surface area contributed by atoms with Crippen LogP contribution in [0.15, 0.2) is 59.4 Å². The molecule has 4 heterocycles. The maximum absolute atomic E-state index is 14.0. The molecule has 14 heteroatoms. The Labute approximate surface area is 363 Å². The van der Waals surface area contributed by atoms with Gasteiger partial charge in [0, 0.05) is 74.9 Å². The molecule has 0 saturated carbocycles. The summed E-state index contributed by atoms with van der Waals surface area (Å²) in [4.78, 5) is 31.5. The van der Waals surface area contributed by atoms with E-state index in [1.54, 1.807) is 56.7 Å². The number of piperidine rings is 1. The van der Waals surface area contributed by atoms with Crippen molar-refractivity contribution < 1.29 is 44.2 Å². The van der Waals surface area contributed by atoms with Crippen LogP contribution in [0.5, 0.6) is 5.75 Å². The lowest BCUT2D eigenvalue weighted by Crippen LogP contribution is -2.46. The van der Waals surface area contributed by atoms with E-state index < -0.39 is 71.8 Å². The Morgan fingerprint density at radius 3 is 2.44 bits per heavy atom. The summed E-state index contributed by atoms with van der Waals surface area (Å²) in [5.41, 5.74) is 3.08. The SMILES string of the molecule is COC1C#CC(O)=c2c(O)c3c4c(nc5cc(/C=N/N6CCCCC6)ccn54)c2=C1CC/C=C/[C@H](OC)[C@@H](C)[C@@H](OC(C)=O)[C@H](C)[C@H](O)[C@H](C)[C@@H](O)[C@@H](C)/C=C/C=C(/C)C(=O)N3. The number of pyridine rings is 1. The monoisotopic (exact) mass is 851 g/mol. The van der Waals surface area contributed by atoms with E-state index in [1.807, 2.05) is 44.3 Å². The largest absolute Gasteiger partial charge is 0.505 e. The maximum atomic E-state index is 14.0. The van der Waals surface area contributed by atoms with E-state index in [2.05, 4.69) is 22.2 Å². The smallest absolute Gasteiger partial charge is 0.302 e. The lowest BCUT2D eigenvalue weighted by molar-refractivity contribution is -0.160. The number of benzene rings is 1. The molecule has 3 aliphatic rings. The molecule has 3 aromatic rings. The number of methoxy groups -OCH3 is 2. The number of allylic oxidation sites excluding steroid dienone is 3. The van der Waals surface area contributed by atoms with Gasteiger partial charge in [-0.25, -0.2) is 4.98 Å². The second-order valence-corrected chi connectivity index (χ2v) is 16.8. The summed E-state index contributed by atoms with van der Waals surface area (Å²) in [5.74, 6) is 1.89. The van der Waals surface area contributed by atoms with Crippen molar-refractivity contribution >= 4 is 51.8 Å². The highest BCUT2D eigenvalue weighted by Gasteiger charge is 2.39. The number of carbonyl (C=O) groups is 2. The highest BCUT2D eigenvalue weighted by molar-refractivity contribution is 6.10. The molecule has 2 aromatic heterocycles. The van der Waals surface area contributed by atoms with Gasteiger partial charge in [0.1, 0.15) is 34.6 Å². The number of rotatable bonds is 5. The van der Waals surface area contributed by atoms with Crippen LogP contribution in [-0.4, -0.2) is 111 Å². The minimum atomic E-state index is -1.05. The zero-order valence-corrected chi connectivity index (χ0v) is 37.0. The van der Waals surface area contributed by atoms with Crippen molar-refractivity contribution in [1.29, 1.82) is 0 Å². The normalized spacial score (nSPS) is 30.0. The number of nitrogens with zero attached hydrogens (tertiary/aromatic N) is 4. The first kappa shape index (κ1) is 46.1. The standard InChI is InChI=1S/C48H61N5O9/c1-27-15-14-16-28(2)48(59)51-42-43-41(50-38-25-33(21-24-53(38)43)26-49-52-22-12-9-13-23-52)39-34(37(61-8)20-19-35(55)40(39)46(42)58)17-10-11-18-36(60-7)29(3)47(62-32(6)54)31(5)45(57)30(4)44(27)56/h11,14-16,18,21,24-27,29-31,36-37,44-45,47,55-58H,9-10,12-13,17,22-23H2,1-8H3,(H,51,59)/b15-14+,18-11+,28-16-,49-26+/t27-,29+,30+,31+,36-,37?,44-,45+,47+/m0/s1. The van der Waals surface area contributed by atoms with Crippen molar-refractivity contribution in [2.24, 2.45) is 28.8 Å². The van der Waals surface area contributed by atoms with E-state index in [4.69, 9.17) is 24.3 Å². The summed E-state index contributed by atoms with van der Waals surface area (Å²) < 4.78 is 19.5. The number of aliphatic hydroxyl groups excluding tert-OH is 3. The van der Waals surface area contributed by atoms with Crippen LogP contribution in [0.1, 0.15) is 79.2 Å². The number of hydrogen-bond donors (Lipinski definition) is 5. The number of phenols is 1. The molecule has 0 spiro atoms. The number of imidazole rings is 1. The predicted molar refractivity (Wildman–Crippen MR) is 240 cm³/mol. The van der Waals surface area contributed by atoms with E-state index in [9.17, 15) is 30.0 Å². The zero-order chi connectivity index (χ0) is 44.8. The van der Waals surface area contributed by atoms with Gasteiger partial charge < -0.3 is 40.0 Å². The fourth-order valence-corrected chi connectivity index (χ4v) is 8.84. The van der Waals surface area contributed by atoms with Crippen LogP contribution in [0.4, 0.5) is 5.69 Å². The number of carbonyl (C=O) groups excluding carboxylic acids is 2. The van der Waals surface area contributed by atoms with Crippen molar-refractivity contribution in [3.8, 4) is 17.6 Å². The van der Waals surface area contributed by atoms with Crippen LogP contribution < -0.4 is 15.8 Å². The van der Waals surface area contributed by atoms with Gasteiger partial charge in [-0.2, -0.15) is 5.10 Å². The van der Waals surface area contributed by atoms with E-state index in [0.29, 0.717) is 40.3 Å². The van der Waals surface area contributed by atoms with E-state index in [0.717, 1.165) is 31.5 Å². The third kappa shape index (κ3) is 9.76. The molecule has 1 unspecified atom stereocenters. The lowest BCUT2D eigenvalue weighted by atomic mass is 9.78. The summed E-state index contributed by atoms with van der Waals surface area (Å²) in [6.45, 7) is 12.0. The fraction of sp³-hybridized carbons (Fsp3) is 0.500. The number of aromatic hydroxyl groups is 1. The summed E-state index contributed by atoms with van der Waals surface area (Å²) in [7, 11) is 3.09. The molecule has 332 valence electrons. The van der Waals surface area contributed by atoms with Crippen LogP contribution in [0.3, 0.4) is 0 Å². The minimum Gasteiger partial charge on any atom is -0.505 e. The number of nitrogens with one attached hydrogen (secondary N) is 1. The first-order valence-corrected chi connectivity index (χ1v) is 21.5. The minimum absolute atomic E-state index is 0.0196. The zero-order valence-electron chi connectivity index (χ0n) is 37.0. The van der Waals surface area contributed by atoms with Crippen molar-refractivity contribution in [1.82, 2.24) is 14.4 Å². The van der Waals surface area contributed by atoms with E-state index in [-0.39, 0.29) is 22.2 Å². The fourth-order valence-electron chi connectivity index (χ4n) is 8.84. The number of amides is 1. The van der Waals surface area contributed by atoms with Gasteiger partial charge in [0.05, 0.1) is 29.7 Å². The summed E-state index contributed by atoms with van der Waals surface area (Å²) >= 11 is 0. The topological polar surface area (TPSA) is 188 Å². The lowest BCUT2D eigenvalue weighted by Gasteiger charge is -2.38. The molecule has 14 nitrogen and oxygen atoms in total. The molecule has 2 aliphatic heterocycles. The first-order chi connectivity index (χ1) is 29.7. The number of esters is 1. The van der Waals surface area contributed by atoms with Gasteiger partial charge in [-0.3, -0.25) is 19.0 Å². The predicted octanol–water partition coefficient (Wildman–Crippen LogP) is 4.87. The van der Waals surface area contributed by atoms with Crippen LogP contribution in [0.2, 0.25) is 0 Å². The maximum Gasteiger partial charge on any atom is 0.302 e. The quantitative estimate of drug-likeness (QED) is 0.0776. The first-order valence-electron chi connectivity index (χ1n) is 21.5. The molecule has 1 fully saturated rings. The van der Waals surface area contributed by atoms with E-state index in [1.165, 1.54) is 20.5 Å². The Balaban J connectivity index is 1.57. The summed E-state index contributed by atoms with van der Waals surface area (Å²) in [6, 6.07) is 3.77. The number of aromatic nitrogens is 2. The molecule has 1 amide bonds. The van der Waals surface area contributed by atoms with Crippen LogP contribution >= 0.6 is 0 Å². The second-order valence-electron chi connectivity index (χ2n) is 16.8. The number of hydrogen-bond acceptors (Lipinski definition) is 12. The van der Waals surface area contributed by atoms with Crippen LogP contribution in [0, 0.1) is 35.5 Å². The van der Waals surface area contributed by atoms with Gasteiger partial charge in [-0.15, -0.1) is 0 Å². The average Bonchev–Trinajstić information content (AvgIpc) is 3.57. The average molecular weight is 852 g/mol. The highest BCUT2D eigenvalue weighted by Crippen LogP contribution is 2.33.